The summed E-state index contributed by atoms with van der Waals surface area (Å²) in [4.78, 5) is 0. The first-order valence-corrected chi connectivity index (χ1v) is 2.91. The van der Waals surface area contributed by atoms with Gasteiger partial charge in [-0.1, -0.05) is 0 Å². The van der Waals surface area contributed by atoms with Gasteiger partial charge in [-0.05, 0) is 0 Å². The lowest BCUT2D eigenvalue weighted by atomic mass is 10.5. The number of hydrogen-bond donors (Lipinski definition) is 0. The molecule has 0 saturated carbocycles. The van der Waals surface area contributed by atoms with Crippen molar-refractivity contribution < 1.29 is 22.8 Å². The molecule has 0 fully saturated rings. The van der Waals surface area contributed by atoms with E-state index in [2.05, 4.69) is 0 Å². The molecule has 0 aromatic carbocycles. The van der Waals surface area contributed by atoms with Crippen molar-refractivity contribution in [1.82, 2.24) is 0 Å². The highest BCUT2D eigenvalue weighted by atomic mass is 19.4. The Labute approximate surface area is 63.1 Å². The largest absolute Gasteiger partial charge is 0.866 e. The Hall–Kier alpha value is -0.710. The molecule has 0 aliphatic carbocycles. The Bertz CT molecular complexity index is 166. The van der Waals surface area contributed by atoms with Crippen molar-refractivity contribution in [2.75, 3.05) is 21.1 Å². The van der Waals surface area contributed by atoms with Crippen LogP contribution in [0.5, 0.6) is 0 Å². The highest BCUT2D eigenvalue weighted by Crippen LogP contribution is 2.21. The van der Waals surface area contributed by atoms with Crippen LogP contribution in [0.25, 0.3) is 0 Å². The summed E-state index contributed by atoms with van der Waals surface area (Å²) in [6.07, 6.45) is -4.13. The van der Waals surface area contributed by atoms with E-state index in [1.54, 1.807) is 0 Å². The van der Waals surface area contributed by atoms with Crippen molar-refractivity contribution in [2.45, 2.75) is 6.18 Å². The maximum atomic E-state index is 11.6. The molecule has 0 amide bonds. The average molecular weight is 169 g/mol. The standard InChI is InChI=1S/C6H10F3NO/c1-10(2,3)4-5(11)6(7,8)9/h4H,1-3H3/b5-4-. The molecule has 0 bridgehead atoms. The van der Waals surface area contributed by atoms with Gasteiger partial charge in [-0.15, -0.1) is 0 Å². The molecule has 5 heteroatoms. The van der Waals surface area contributed by atoms with Crippen LogP contribution in [0.4, 0.5) is 13.2 Å². The van der Waals surface area contributed by atoms with Crippen LogP contribution in [0.2, 0.25) is 0 Å². The smallest absolute Gasteiger partial charge is 0.407 e. The Balaban J connectivity index is 4.49. The summed E-state index contributed by atoms with van der Waals surface area (Å²) >= 11 is 0. The molecule has 0 heterocycles. The third-order valence-electron chi connectivity index (χ3n) is 0.784. The summed E-state index contributed by atoms with van der Waals surface area (Å²) in [5.74, 6) is -1.80. The van der Waals surface area contributed by atoms with E-state index >= 15 is 0 Å². The van der Waals surface area contributed by atoms with Crippen molar-refractivity contribution in [3.05, 3.63) is 12.0 Å². The third kappa shape index (κ3) is 4.66. The van der Waals surface area contributed by atoms with E-state index in [-0.39, 0.29) is 4.48 Å². The minimum absolute atomic E-state index is 0.127. The first-order chi connectivity index (χ1) is 4.63. The van der Waals surface area contributed by atoms with Crippen LogP contribution < -0.4 is 5.11 Å². The number of quaternary nitrogens is 1. The third-order valence-corrected chi connectivity index (χ3v) is 0.784. The van der Waals surface area contributed by atoms with Crippen molar-refractivity contribution in [2.24, 2.45) is 0 Å². The van der Waals surface area contributed by atoms with Crippen molar-refractivity contribution in [1.29, 1.82) is 0 Å². The lowest BCUT2D eigenvalue weighted by Crippen LogP contribution is -2.33. The van der Waals surface area contributed by atoms with E-state index in [4.69, 9.17) is 0 Å². The fourth-order valence-corrected chi connectivity index (χ4v) is 0.425. The molecular formula is C6H10F3NO. The summed E-state index contributed by atoms with van der Waals surface area (Å²) in [7, 11) is 4.43. The Morgan fingerprint density at radius 2 is 1.64 bits per heavy atom. The summed E-state index contributed by atoms with van der Waals surface area (Å²) in [6.45, 7) is 0. The average Bonchev–Trinajstić information content (AvgIpc) is 1.56. The molecule has 0 aliphatic rings. The topological polar surface area (TPSA) is 23.1 Å². The van der Waals surface area contributed by atoms with E-state index in [9.17, 15) is 18.3 Å². The second-order valence-electron chi connectivity index (χ2n) is 3.11. The van der Waals surface area contributed by atoms with Gasteiger partial charge in [0.15, 0.2) is 0 Å². The Morgan fingerprint density at radius 3 is 1.73 bits per heavy atom. The molecule has 0 aliphatic heterocycles. The summed E-state index contributed by atoms with van der Waals surface area (Å²) in [5.41, 5.74) is 0. The molecule has 0 spiro atoms. The van der Waals surface area contributed by atoms with Gasteiger partial charge in [0, 0.05) is 5.76 Å². The summed E-state index contributed by atoms with van der Waals surface area (Å²) in [6, 6.07) is 0. The summed E-state index contributed by atoms with van der Waals surface area (Å²) < 4.78 is 34.6. The van der Waals surface area contributed by atoms with Crippen molar-refractivity contribution >= 4 is 0 Å². The number of allylic oxidation sites excluding steroid dienone is 1. The van der Waals surface area contributed by atoms with E-state index < -0.39 is 11.9 Å². The van der Waals surface area contributed by atoms with Gasteiger partial charge in [0.25, 0.3) is 0 Å². The first-order valence-electron chi connectivity index (χ1n) is 2.91. The zero-order chi connectivity index (χ0) is 9.28. The lowest BCUT2D eigenvalue weighted by molar-refractivity contribution is -0.820. The maximum Gasteiger partial charge on any atom is 0.407 e. The molecule has 66 valence electrons. The van der Waals surface area contributed by atoms with Crippen LogP contribution in [0.3, 0.4) is 0 Å². The highest BCUT2D eigenvalue weighted by Gasteiger charge is 2.28. The molecule has 0 N–H and O–H groups in total. The van der Waals surface area contributed by atoms with E-state index in [0.717, 1.165) is 0 Å². The van der Waals surface area contributed by atoms with Gasteiger partial charge in [-0.3, -0.25) is 0 Å². The van der Waals surface area contributed by atoms with Crippen LogP contribution in [-0.4, -0.2) is 31.8 Å². The van der Waals surface area contributed by atoms with Gasteiger partial charge in [-0.25, -0.2) is 0 Å². The number of rotatable bonds is 1. The van der Waals surface area contributed by atoms with Crippen LogP contribution in [0.1, 0.15) is 0 Å². The van der Waals surface area contributed by atoms with Gasteiger partial charge >= 0.3 is 6.18 Å². The fourth-order valence-electron chi connectivity index (χ4n) is 0.425. The highest BCUT2D eigenvalue weighted by molar-refractivity contribution is 4.91. The van der Waals surface area contributed by atoms with Crippen LogP contribution in [0.15, 0.2) is 12.0 Å². The molecule has 2 nitrogen and oxygen atoms in total. The number of halogens is 3. The molecule has 0 radical (unpaired) electrons. The van der Waals surface area contributed by atoms with Gasteiger partial charge in [-0.2, -0.15) is 13.2 Å². The van der Waals surface area contributed by atoms with Crippen molar-refractivity contribution in [3.8, 4) is 0 Å². The van der Waals surface area contributed by atoms with Gasteiger partial charge in [0.05, 0.1) is 27.3 Å². The number of hydrogen-bond acceptors (Lipinski definition) is 1. The zero-order valence-electron chi connectivity index (χ0n) is 6.57. The number of alkyl halides is 3. The minimum Gasteiger partial charge on any atom is -0.866 e. The van der Waals surface area contributed by atoms with Gasteiger partial charge in [0.1, 0.15) is 0 Å². The fraction of sp³-hybridized carbons (Fsp3) is 0.667. The van der Waals surface area contributed by atoms with Crippen LogP contribution >= 0.6 is 0 Å². The molecule has 0 aromatic rings. The SMILES string of the molecule is C[N+](C)(C)/C=C(\[O-])C(F)(F)F. The second-order valence-corrected chi connectivity index (χ2v) is 3.11. The molecular weight excluding hydrogens is 159 g/mol. The van der Waals surface area contributed by atoms with Crippen LogP contribution in [-0.2, 0) is 0 Å². The van der Waals surface area contributed by atoms with Crippen molar-refractivity contribution in [3.63, 3.8) is 0 Å². The second kappa shape index (κ2) is 2.73. The molecule has 0 unspecified atom stereocenters. The van der Waals surface area contributed by atoms with Crippen LogP contribution in [0, 0.1) is 0 Å². The molecule has 11 heavy (non-hydrogen) atoms. The maximum absolute atomic E-state index is 11.6. The Morgan fingerprint density at radius 1 is 1.27 bits per heavy atom. The minimum atomic E-state index is -4.74. The lowest BCUT2D eigenvalue weighted by Gasteiger charge is -2.23. The first kappa shape index (κ1) is 10.3. The van der Waals surface area contributed by atoms with E-state index in [1.165, 1.54) is 21.1 Å². The quantitative estimate of drug-likeness (QED) is 0.413. The Kier molecular flexibility index (Phi) is 2.55. The predicted octanol–water partition coefficient (Wildman–Crippen LogP) is 0.457. The van der Waals surface area contributed by atoms with Gasteiger partial charge < -0.3 is 9.59 Å². The molecule has 0 aromatic heterocycles. The molecule has 0 saturated heterocycles. The monoisotopic (exact) mass is 169 g/mol. The molecule has 0 atom stereocenters. The number of nitrogens with zero attached hydrogens (tertiary/aromatic N) is 1. The normalized spacial score (nSPS) is 15.3. The summed E-state index contributed by atoms with van der Waals surface area (Å²) in [5, 5.41) is 10.3. The molecule has 0 rings (SSSR count). The van der Waals surface area contributed by atoms with E-state index in [1.807, 2.05) is 0 Å². The van der Waals surface area contributed by atoms with Gasteiger partial charge in [0.2, 0.25) is 0 Å². The zero-order valence-corrected chi connectivity index (χ0v) is 6.57. The van der Waals surface area contributed by atoms with E-state index in [0.29, 0.717) is 6.20 Å². The predicted molar refractivity (Wildman–Crippen MR) is 32.2 cm³/mol.